The molecule has 48 heavy (non-hydrogen) atoms. The summed E-state index contributed by atoms with van der Waals surface area (Å²) in [6, 6.07) is 10.1. The van der Waals surface area contributed by atoms with Gasteiger partial charge in [0, 0.05) is 13.1 Å². The van der Waals surface area contributed by atoms with E-state index in [9.17, 15) is 22.0 Å². The van der Waals surface area contributed by atoms with Crippen molar-refractivity contribution >= 4 is 39.1 Å². The van der Waals surface area contributed by atoms with E-state index in [0.29, 0.717) is 24.5 Å². The van der Waals surface area contributed by atoms with Crippen LogP contribution < -0.4 is 20.1 Å². The maximum absolute atomic E-state index is 13.3. The fraction of sp³-hybridized carbons (Fsp3) is 0.500. The second-order valence-electron chi connectivity index (χ2n) is 13.2. The normalized spacial score (nSPS) is 14.4. The van der Waals surface area contributed by atoms with E-state index in [-0.39, 0.29) is 46.2 Å². The molecular formula is C34H45F2N5O6S. The predicted octanol–water partition coefficient (Wildman–Crippen LogP) is 7.96. The minimum absolute atomic E-state index is 0.00752. The van der Waals surface area contributed by atoms with Gasteiger partial charge in [0.1, 0.15) is 11.4 Å². The first-order valence-corrected chi connectivity index (χ1v) is 17.5. The van der Waals surface area contributed by atoms with E-state index in [1.165, 1.54) is 12.1 Å². The van der Waals surface area contributed by atoms with Gasteiger partial charge in [-0.2, -0.15) is 13.8 Å². The highest BCUT2D eigenvalue weighted by Crippen LogP contribution is 2.39. The average molecular weight is 690 g/mol. The Kier molecular flexibility index (Phi) is 11.4. The summed E-state index contributed by atoms with van der Waals surface area (Å²) in [6.45, 7) is 12.4. The van der Waals surface area contributed by atoms with Crippen molar-refractivity contribution in [1.29, 1.82) is 0 Å². The molecule has 2 N–H and O–H groups in total. The molecule has 0 spiro atoms. The number of aryl methyl sites for hydroxylation is 1. The van der Waals surface area contributed by atoms with Crippen LogP contribution in [0.5, 0.6) is 11.5 Å². The van der Waals surface area contributed by atoms with Gasteiger partial charge in [-0.05, 0) is 110 Å². The van der Waals surface area contributed by atoms with E-state index in [1.807, 2.05) is 53.7 Å². The minimum atomic E-state index is -3.73. The van der Waals surface area contributed by atoms with Crippen molar-refractivity contribution in [2.75, 3.05) is 23.7 Å². The largest absolute Gasteiger partial charge is 0.489 e. The lowest BCUT2D eigenvalue weighted by Gasteiger charge is -2.34. The Morgan fingerprint density at radius 3 is 2.25 bits per heavy atom. The lowest BCUT2D eigenvalue weighted by molar-refractivity contribution is -0.0497. The van der Waals surface area contributed by atoms with E-state index in [2.05, 4.69) is 25.3 Å². The number of likely N-dealkylation sites (tertiary alicyclic amines) is 1. The van der Waals surface area contributed by atoms with Crippen LogP contribution in [-0.2, 0) is 14.6 Å². The van der Waals surface area contributed by atoms with Gasteiger partial charge in [-0.15, -0.1) is 0 Å². The quantitative estimate of drug-likeness (QED) is 0.204. The van der Waals surface area contributed by atoms with Crippen LogP contribution in [0.1, 0.15) is 78.4 Å². The number of benzene rings is 2. The Bertz CT molecular complexity index is 1700. The Morgan fingerprint density at radius 1 is 0.979 bits per heavy atom. The van der Waals surface area contributed by atoms with Crippen molar-refractivity contribution in [3.05, 3.63) is 53.7 Å². The molecule has 0 bridgehead atoms. The molecule has 3 aromatic rings. The molecule has 1 amide bonds. The zero-order valence-corrected chi connectivity index (χ0v) is 29.5. The van der Waals surface area contributed by atoms with Crippen molar-refractivity contribution in [1.82, 2.24) is 14.9 Å². The Labute approximate surface area is 281 Å². The number of para-hydroxylation sites is 1. The molecule has 11 nitrogen and oxygen atoms in total. The van der Waals surface area contributed by atoms with E-state index >= 15 is 0 Å². The van der Waals surface area contributed by atoms with Crippen LogP contribution in [0.3, 0.4) is 0 Å². The standard InChI is InChI=1S/C34H45F2N5O6S/c1-20(2)45-27-18-24(23-13-15-41(16-14-23)33(42)47-34(6,7)8)22(5)17-26(27)39-32-37-19-28(46-31(35)36)30(40-32)38-25-11-9-10-12-29(25)48(43,44)21(3)4/h9-12,17-21,23,31H,13-16H2,1-8H3,(H2,37,38,39,40). The zero-order chi connectivity index (χ0) is 35.4. The highest BCUT2D eigenvalue weighted by atomic mass is 32.2. The first kappa shape index (κ1) is 36.6. The summed E-state index contributed by atoms with van der Waals surface area (Å²) in [6.07, 6.45) is 2.11. The highest BCUT2D eigenvalue weighted by Gasteiger charge is 2.29. The minimum Gasteiger partial charge on any atom is -0.489 e. The zero-order valence-electron chi connectivity index (χ0n) is 28.6. The summed E-state index contributed by atoms with van der Waals surface area (Å²) in [5.41, 5.74) is 2.20. The number of halogens is 2. The Hall–Kier alpha value is -4.20. The molecule has 4 rings (SSSR count). The molecule has 14 heteroatoms. The molecule has 262 valence electrons. The lowest BCUT2D eigenvalue weighted by atomic mass is 9.86. The number of hydrogen-bond acceptors (Lipinski definition) is 10. The molecule has 1 aliphatic heterocycles. The van der Waals surface area contributed by atoms with Crippen molar-refractivity contribution in [3.8, 4) is 11.5 Å². The Morgan fingerprint density at radius 2 is 1.65 bits per heavy atom. The molecule has 1 fully saturated rings. The van der Waals surface area contributed by atoms with Crippen LogP contribution in [-0.4, -0.2) is 66.0 Å². The number of anilines is 4. The van der Waals surface area contributed by atoms with Gasteiger partial charge in [0.05, 0.1) is 33.8 Å². The number of carbonyl (C=O) groups excluding carboxylic acids is 1. The molecule has 2 aromatic carbocycles. The first-order chi connectivity index (χ1) is 22.4. The second kappa shape index (κ2) is 14.9. The number of carbonyl (C=O) groups is 1. The van der Waals surface area contributed by atoms with Crippen LogP contribution in [0.4, 0.5) is 36.7 Å². The van der Waals surface area contributed by atoms with E-state index < -0.39 is 27.3 Å². The third-order valence-electron chi connectivity index (χ3n) is 7.60. The summed E-state index contributed by atoms with van der Waals surface area (Å²) < 4.78 is 69.1. The van der Waals surface area contributed by atoms with E-state index in [1.54, 1.807) is 30.9 Å². The van der Waals surface area contributed by atoms with Crippen molar-refractivity contribution in [3.63, 3.8) is 0 Å². The third-order valence-corrected chi connectivity index (χ3v) is 9.81. The number of aromatic nitrogens is 2. The molecule has 0 saturated carbocycles. The molecule has 1 saturated heterocycles. The molecule has 2 heterocycles. The summed E-state index contributed by atoms with van der Waals surface area (Å²) in [7, 11) is -3.73. The number of rotatable bonds is 11. The fourth-order valence-electron chi connectivity index (χ4n) is 5.32. The van der Waals surface area contributed by atoms with E-state index in [4.69, 9.17) is 9.47 Å². The number of nitrogens with zero attached hydrogens (tertiary/aromatic N) is 3. The van der Waals surface area contributed by atoms with Crippen LogP contribution >= 0.6 is 0 Å². The number of hydrogen-bond donors (Lipinski definition) is 2. The average Bonchev–Trinajstić information content (AvgIpc) is 2.98. The monoisotopic (exact) mass is 689 g/mol. The number of piperidine rings is 1. The molecular weight excluding hydrogens is 644 g/mol. The van der Waals surface area contributed by atoms with Crippen molar-refractivity contribution < 1.29 is 36.2 Å². The molecule has 1 aliphatic rings. The number of nitrogens with one attached hydrogen (secondary N) is 2. The van der Waals surface area contributed by atoms with Crippen LogP contribution in [0.2, 0.25) is 0 Å². The summed E-state index contributed by atoms with van der Waals surface area (Å²) in [4.78, 5) is 22.9. The molecule has 0 atom stereocenters. The molecule has 1 aromatic heterocycles. The first-order valence-electron chi connectivity index (χ1n) is 15.9. The number of amides is 1. The van der Waals surface area contributed by atoms with Gasteiger partial charge in [-0.25, -0.2) is 18.2 Å². The highest BCUT2D eigenvalue weighted by molar-refractivity contribution is 7.92. The second-order valence-corrected chi connectivity index (χ2v) is 15.7. The van der Waals surface area contributed by atoms with Gasteiger partial charge in [0.2, 0.25) is 5.95 Å². The maximum atomic E-state index is 13.3. The predicted molar refractivity (Wildman–Crippen MR) is 181 cm³/mol. The van der Waals surface area contributed by atoms with Crippen molar-refractivity contribution in [2.24, 2.45) is 0 Å². The lowest BCUT2D eigenvalue weighted by Crippen LogP contribution is -2.41. The molecule has 0 radical (unpaired) electrons. The summed E-state index contributed by atoms with van der Waals surface area (Å²) in [5.74, 6) is 0.243. The van der Waals surface area contributed by atoms with Crippen LogP contribution in [0.15, 0.2) is 47.5 Å². The topological polar surface area (TPSA) is 132 Å². The van der Waals surface area contributed by atoms with Crippen LogP contribution in [0, 0.1) is 6.92 Å². The fourth-order valence-corrected chi connectivity index (χ4v) is 6.52. The SMILES string of the molecule is Cc1cc(Nc2ncc(OC(F)F)c(Nc3ccccc3S(=O)(=O)C(C)C)n2)c(OC(C)C)cc1C1CCN(C(=O)OC(C)(C)C)CC1. The summed E-state index contributed by atoms with van der Waals surface area (Å²) >= 11 is 0. The van der Waals surface area contributed by atoms with Gasteiger partial charge in [-0.1, -0.05) is 12.1 Å². The number of alkyl halides is 2. The summed E-state index contributed by atoms with van der Waals surface area (Å²) in [5, 5.41) is 5.30. The van der Waals surface area contributed by atoms with Gasteiger partial charge >= 0.3 is 12.7 Å². The Balaban J connectivity index is 1.64. The molecule has 0 aliphatic carbocycles. The van der Waals surface area contributed by atoms with Crippen LogP contribution in [0.25, 0.3) is 0 Å². The van der Waals surface area contributed by atoms with Crippen molar-refractivity contribution in [2.45, 2.75) is 103 Å². The smallest absolute Gasteiger partial charge is 0.410 e. The van der Waals surface area contributed by atoms with Gasteiger partial charge in [-0.3, -0.25) is 0 Å². The molecule has 0 unspecified atom stereocenters. The number of ether oxygens (including phenoxy) is 3. The van der Waals surface area contributed by atoms with Gasteiger partial charge < -0.3 is 29.7 Å². The van der Waals surface area contributed by atoms with Gasteiger partial charge in [0.25, 0.3) is 0 Å². The van der Waals surface area contributed by atoms with Gasteiger partial charge in [0.15, 0.2) is 21.4 Å². The maximum Gasteiger partial charge on any atom is 0.410 e. The van der Waals surface area contributed by atoms with E-state index in [0.717, 1.165) is 30.2 Å². The number of sulfone groups is 1. The third kappa shape index (κ3) is 9.24.